The lowest BCUT2D eigenvalue weighted by Crippen LogP contribution is -2.46. The molecule has 1 fully saturated rings. The van der Waals surface area contributed by atoms with Crippen molar-refractivity contribution in [3.8, 4) is 5.75 Å². The van der Waals surface area contributed by atoms with Crippen LogP contribution in [0.5, 0.6) is 5.75 Å². The molecule has 1 atom stereocenters. The average molecular weight is 433 g/mol. The number of benzene rings is 1. The van der Waals surface area contributed by atoms with Crippen molar-refractivity contribution in [3.63, 3.8) is 0 Å². The van der Waals surface area contributed by atoms with Crippen LogP contribution in [-0.2, 0) is 6.54 Å². The predicted molar refractivity (Wildman–Crippen MR) is 107 cm³/mol. The molecular weight excluding hydrogens is 408 g/mol. The molecule has 2 amide bonds. The summed E-state index contributed by atoms with van der Waals surface area (Å²) in [6, 6.07) is 8.09. The maximum Gasteiger partial charge on any atom is 0.317 e. The molecule has 4 rings (SSSR count). The first-order chi connectivity index (χ1) is 13.2. The number of rotatable bonds is 3. The third kappa shape index (κ3) is 4.46. The van der Waals surface area contributed by atoms with E-state index in [-0.39, 0.29) is 12.1 Å². The Bertz CT molecular complexity index is 786. The number of nitrogens with one attached hydrogen (secondary N) is 1. The van der Waals surface area contributed by atoms with Crippen molar-refractivity contribution in [2.45, 2.75) is 38.3 Å². The molecule has 7 heteroatoms. The fourth-order valence-electron chi connectivity index (χ4n) is 3.94. The highest BCUT2D eigenvalue weighted by Gasteiger charge is 2.27. The van der Waals surface area contributed by atoms with Gasteiger partial charge in [-0.05, 0) is 53.6 Å². The van der Waals surface area contributed by atoms with E-state index in [1.165, 1.54) is 0 Å². The molecule has 1 saturated heterocycles. The summed E-state index contributed by atoms with van der Waals surface area (Å²) < 4.78 is 8.79. The van der Waals surface area contributed by atoms with Crippen LogP contribution in [0.4, 0.5) is 4.79 Å². The number of hydrogen-bond donors (Lipinski definition) is 1. The fourth-order valence-corrected chi connectivity index (χ4v) is 4.26. The van der Waals surface area contributed by atoms with Gasteiger partial charge in [-0.1, -0.05) is 18.2 Å². The number of fused-ring (bicyclic) bond motifs is 1. The van der Waals surface area contributed by atoms with Crippen LogP contribution in [0.2, 0.25) is 0 Å². The molecule has 2 aromatic rings. The van der Waals surface area contributed by atoms with Gasteiger partial charge in [0.2, 0.25) is 0 Å². The molecular formula is C20H25BrN4O2. The van der Waals surface area contributed by atoms with Crippen molar-refractivity contribution in [1.82, 2.24) is 20.0 Å². The second-order valence-electron chi connectivity index (χ2n) is 7.34. The van der Waals surface area contributed by atoms with Crippen LogP contribution < -0.4 is 10.1 Å². The van der Waals surface area contributed by atoms with E-state index >= 15 is 0 Å². The van der Waals surface area contributed by atoms with Crippen molar-refractivity contribution < 1.29 is 9.53 Å². The molecule has 0 bridgehead atoms. The topological polar surface area (TPSA) is 59.4 Å². The van der Waals surface area contributed by atoms with Crippen molar-refractivity contribution in [1.29, 1.82) is 0 Å². The smallest absolute Gasteiger partial charge is 0.317 e. The molecule has 3 heterocycles. The molecule has 0 aliphatic carbocycles. The van der Waals surface area contributed by atoms with E-state index in [9.17, 15) is 4.79 Å². The van der Waals surface area contributed by atoms with Gasteiger partial charge >= 0.3 is 6.03 Å². The Labute approximate surface area is 168 Å². The monoisotopic (exact) mass is 432 g/mol. The molecule has 2 aliphatic rings. The van der Waals surface area contributed by atoms with Gasteiger partial charge in [0.1, 0.15) is 5.75 Å². The highest BCUT2D eigenvalue weighted by Crippen LogP contribution is 2.31. The zero-order chi connectivity index (χ0) is 18.6. The molecule has 27 heavy (non-hydrogen) atoms. The number of aromatic nitrogens is 2. The number of amides is 2. The summed E-state index contributed by atoms with van der Waals surface area (Å²) in [6.07, 6.45) is 7.70. The van der Waals surface area contributed by atoms with E-state index in [1.807, 2.05) is 40.2 Å². The second kappa shape index (κ2) is 8.33. The number of urea groups is 1. The van der Waals surface area contributed by atoms with Gasteiger partial charge in [0, 0.05) is 31.4 Å². The average Bonchev–Trinajstić information content (AvgIpc) is 2.98. The molecule has 0 saturated carbocycles. The molecule has 0 radical (unpaired) electrons. The molecule has 1 aromatic carbocycles. The quantitative estimate of drug-likeness (QED) is 0.797. The minimum Gasteiger partial charge on any atom is -0.493 e. The molecule has 2 aliphatic heterocycles. The summed E-state index contributed by atoms with van der Waals surface area (Å²) >= 11 is 3.44. The zero-order valence-corrected chi connectivity index (χ0v) is 16.9. The third-order valence-corrected chi connectivity index (χ3v) is 5.85. The third-order valence-electron chi connectivity index (χ3n) is 5.44. The Kier molecular flexibility index (Phi) is 5.66. The lowest BCUT2D eigenvalue weighted by atomic mass is 9.97. The minimum absolute atomic E-state index is 0.0235. The summed E-state index contributed by atoms with van der Waals surface area (Å²) in [7, 11) is 0. The van der Waals surface area contributed by atoms with Crippen LogP contribution in [-0.4, -0.2) is 40.4 Å². The Morgan fingerprint density at radius 2 is 2.07 bits per heavy atom. The number of carbonyl (C=O) groups excluding carboxylic acids is 1. The van der Waals surface area contributed by atoms with Gasteiger partial charge in [0.25, 0.3) is 0 Å². The van der Waals surface area contributed by atoms with E-state index in [1.54, 1.807) is 0 Å². The fraction of sp³-hybridized carbons (Fsp3) is 0.500. The maximum absolute atomic E-state index is 12.8. The van der Waals surface area contributed by atoms with Crippen molar-refractivity contribution in [3.05, 3.63) is 46.7 Å². The van der Waals surface area contributed by atoms with E-state index in [4.69, 9.17) is 4.74 Å². The maximum atomic E-state index is 12.8. The second-order valence-corrected chi connectivity index (χ2v) is 8.26. The SMILES string of the molecule is O=C(NC1CCCOc2ccccc21)N1CCC(Cn2cc(Br)cn2)CC1. The van der Waals surface area contributed by atoms with Crippen LogP contribution in [0, 0.1) is 5.92 Å². The predicted octanol–water partition coefficient (Wildman–Crippen LogP) is 3.98. The van der Waals surface area contributed by atoms with Gasteiger partial charge in [-0.3, -0.25) is 4.68 Å². The number of halogens is 1. The molecule has 6 nitrogen and oxygen atoms in total. The van der Waals surface area contributed by atoms with Crippen LogP contribution in [0.15, 0.2) is 41.1 Å². The lowest BCUT2D eigenvalue weighted by Gasteiger charge is -2.33. The summed E-state index contributed by atoms with van der Waals surface area (Å²) in [5, 5.41) is 7.57. The summed E-state index contributed by atoms with van der Waals surface area (Å²) in [4.78, 5) is 14.8. The number of likely N-dealkylation sites (tertiary alicyclic amines) is 1. The number of carbonyl (C=O) groups is 1. The molecule has 1 aromatic heterocycles. The molecule has 1 N–H and O–H groups in total. The largest absolute Gasteiger partial charge is 0.493 e. The van der Waals surface area contributed by atoms with Gasteiger partial charge < -0.3 is 15.0 Å². The van der Waals surface area contributed by atoms with Gasteiger partial charge in [-0.15, -0.1) is 0 Å². The van der Waals surface area contributed by atoms with Gasteiger partial charge in [0.15, 0.2) is 0 Å². The van der Waals surface area contributed by atoms with Crippen LogP contribution in [0.25, 0.3) is 0 Å². The summed E-state index contributed by atoms with van der Waals surface area (Å²) in [5.74, 6) is 1.46. The molecule has 1 unspecified atom stereocenters. The van der Waals surface area contributed by atoms with Crippen molar-refractivity contribution in [2.24, 2.45) is 5.92 Å². The first-order valence-electron chi connectivity index (χ1n) is 9.64. The number of nitrogens with zero attached hydrogens (tertiary/aromatic N) is 3. The number of piperidine rings is 1. The van der Waals surface area contributed by atoms with E-state index in [0.717, 1.165) is 61.1 Å². The van der Waals surface area contributed by atoms with Gasteiger partial charge in [0.05, 0.1) is 23.3 Å². The number of ether oxygens (including phenoxy) is 1. The van der Waals surface area contributed by atoms with Crippen LogP contribution >= 0.6 is 15.9 Å². The normalized spacial score (nSPS) is 20.5. The zero-order valence-electron chi connectivity index (χ0n) is 15.3. The highest BCUT2D eigenvalue weighted by atomic mass is 79.9. The number of hydrogen-bond acceptors (Lipinski definition) is 3. The Balaban J connectivity index is 1.32. The number of para-hydroxylation sites is 1. The first-order valence-corrected chi connectivity index (χ1v) is 10.4. The van der Waals surface area contributed by atoms with E-state index < -0.39 is 0 Å². The summed E-state index contributed by atoms with van der Waals surface area (Å²) in [5.41, 5.74) is 1.09. The van der Waals surface area contributed by atoms with Gasteiger partial charge in [-0.2, -0.15) is 5.10 Å². The highest BCUT2D eigenvalue weighted by molar-refractivity contribution is 9.10. The first kappa shape index (κ1) is 18.3. The molecule has 144 valence electrons. The Morgan fingerprint density at radius 3 is 2.85 bits per heavy atom. The summed E-state index contributed by atoms with van der Waals surface area (Å²) in [6.45, 7) is 3.21. The van der Waals surface area contributed by atoms with E-state index in [0.29, 0.717) is 12.5 Å². The minimum atomic E-state index is 0.0235. The van der Waals surface area contributed by atoms with Gasteiger partial charge in [-0.25, -0.2) is 4.79 Å². The van der Waals surface area contributed by atoms with Crippen molar-refractivity contribution >= 4 is 22.0 Å². The van der Waals surface area contributed by atoms with Crippen molar-refractivity contribution in [2.75, 3.05) is 19.7 Å². The Hall–Kier alpha value is -2.02. The van der Waals surface area contributed by atoms with E-state index in [2.05, 4.69) is 32.4 Å². The Morgan fingerprint density at radius 1 is 1.26 bits per heavy atom. The van der Waals surface area contributed by atoms with Crippen LogP contribution in [0.1, 0.15) is 37.3 Å². The van der Waals surface area contributed by atoms with Crippen LogP contribution in [0.3, 0.4) is 0 Å². The standard InChI is InChI=1S/C20H25BrN4O2/c21-16-12-22-25(14-16)13-15-7-9-24(10-8-15)20(26)23-18-5-3-11-27-19-6-2-1-4-17(18)19/h1-2,4,6,12,14-15,18H,3,5,7-11,13H2,(H,23,26). The lowest BCUT2D eigenvalue weighted by molar-refractivity contribution is 0.160. The molecule has 0 spiro atoms.